The van der Waals surface area contributed by atoms with Gasteiger partial charge in [-0.1, -0.05) is 11.2 Å². The van der Waals surface area contributed by atoms with E-state index >= 15 is 0 Å². The third-order valence-electron chi connectivity index (χ3n) is 6.03. The minimum Gasteiger partial charge on any atom is -0.493 e. The van der Waals surface area contributed by atoms with Crippen molar-refractivity contribution >= 4 is 5.91 Å². The largest absolute Gasteiger partial charge is 0.493 e. The van der Waals surface area contributed by atoms with Crippen molar-refractivity contribution in [2.45, 2.75) is 32.2 Å². The smallest absolute Gasteiger partial charge is 0.232 e. The van der Waals surface area contributed by atoms with Gasteiger partial charge in [0.25, 0.3) is 0 Å². The maximum Gasteiger partial charge on any atom is 0.232 e. The van der Waals surface area contributed by atoms with Crippen LogP contribution in [0.1, 0.15) is 43.7 Å². The summed E-state index contributed by atoms with van der Waals surface area (Å²) in [7, 11) is 4.77. The second-order valence-corrected chi connectivity index (χ2v) is 7.99. The SMILES string of the molecule is CCOc1ccc(-c2noc(C3CC(=O)N(C(C)c4ccc(OC)c(OC)c4)C3)n2)cc1OC. The lowest BCUT2D eigenvalue weighted by Gasteiger charge is -2.25. The van der Waals surface area contributed by atoms with Gasteiger partial charge < -0.3 is 28.4 Å². The molecule has 1 aliphatic rings. The molecule has 180 valence electrons. The summed E-state index contributed by atoms with van der Waals surface area (Å²) in [5, 5.41) is 4.13. The minimum atomic E-state index is -0.180. The number of carbonyl (C=O) groups is 1. The number of ether oxygens (including phenoxy) is 4. The molecule has 34 heavy (non-hydrogen) atoms. The zero-order valence-electron chi connectivity index (χ0n) is 20.0. The molecule has 2 aromatic carbocycles. The molecule has 9 heteroatoms. The van der Waals surface area contributed by atoms with E-state index in [9.17, 15) is 4.79 Å². The van der Waals surface area contributed by atoms with Gasteiger partial charge in [-0.2, -0.15) is 4.98 Å². The first-order valence-electron chi connectivity index (χ1n) is 11.1. The van der Waals surface area contributed by atoms with Crippen molar-refractivity contribution in [3.05, 3.63) is 47.9 Å². The summed E-state index contributed by atoms with van der Waals surface area (Å²) in [5.41, 5.74) is 1.70. The third-order valence-corrected chi connectivity index (χ3v) is 6.03. The van der Waals surface area contributed by atoms with Crippen molar-refractivity contribution in [3.8, 4) is 34.4 Å². The molecule has 0 radical (unpaired) electrons. The molecule has 0 bridgehead atoms. The topological polar surface area (TPSA) is 96.2 Å². The van der Waals surface area contributed by atoms with E-state index < -0.39 is 0 Å². The highest BCUT2D eigenvalue weighted by atomic mass is 16.5. The normalized spacial score (nSPS) is 16.4. The van der Waals surface area contributed by atoms with E-state index in [2.05, 4.69) is 10.1 Å². The number of methoxy groups -OCH3 is 3. The molecule has 0 spiro atoms. The number of benzene rings is 2. The van der Waals surface area contributed by atoms with Crippen LogP contribution in [-0.4, -0.2) is 55.4 Å². The van der Waals surface area contributed by atoms with E-state index in [1.54, 1.807) is 21.3 Å². The fraction of sp³-hybridized carbons (Fsp3) is 0.400. The number of nitrogens with zero attached hydrogens (tertiary/aromatic N) is 3. The van der Waals surface area contributed by atoms with E-state index in [4.69, 9.17) is 23.5 Å². The first-order chi connectivity index (χ1) is 16.5. The predicted octanol–water partition coefficient (Wildman–Crippen LogP) is 4.24. The van der Waals surface area contributed by atoms with Crippen LogP contribution >= 0.6 is 0 Å². The van der Waals surface area contributed by atoms with E-state index in [1.165, 1.54) is 0 Å². The summed E-state index contributed by atoms with van der Waals surface area (Å²) in [6.07, 6.45) is 0.311. The second-order valence-electron chi connectivity index (χ2n) is 7.99. The van der Waals surface area contributed by atoms with Crippen LogP contribution in [0.25, 0.3) is 11.4 Å². The number of carbonyl (C=O) groups excluding carboxylic acids is 1. The highest BCUT2D eigenvalue weighted by Gasteiger charge is 2.37. The molecule has 3 aromatic rings. The Balaban J connectivity index is 1.51. The summed E-state index contributed by atoms with van der Waals surface area (Å²) >= 11 is 0. The van der Waals surface area contributed by atoms with E-state index in [1.807, 2.05) is 55.1 Å². The molecular weight excluding hydrogens is 438 g/mol. The van der Waals surface area contributed by atoms with Gasteiger partial charge in [0.05, 0.1) is 39.9 Å². The molecule has 9 nitrogen and oxygen atoms in total. The molecule has 2 unspecified atom stereocenters. The standard InChI is InChI=1S/C25H29N3O6/c1-6-33-20-10-8-17(12-22(20)32-5)24-26-25(34-27-24)18-13-23(29)28(14-18)15(2)16-7-9-19(30-3)21(11-16)31-4/h7-12,15,18H,6,13-14H2,1-5H3. The quantitative estimate of drug-likeness (QED) is 0.461. The van der Waals surface area contributed by atoms with Crippen molar-refractivity contribution in [2.24, 2.45) is 0 Å². The van der Waals surface area contributed by atoms with E-state index in [0.717, 1.165) is 11.1 Å². The summed E-state index contributed by atoms with van der Waals surface area (Å²) in [5.74, 6) is 3.26. The maximum atomic E-state index is 12.9. The average Bonchev–Trinajstić information content (AvgIpc) is 3.50. The van der Waals surface area contributed by atoms with Gasteiger partial charge in [0.2, 0.25) is 17.6 Å². The molecule has 0 aliphatic carbocycles. The number of aromatic nitrogens is 2. The monoisotopic (exact) mass is 467 g/mol. The Kier molecular flexibility index (Phi) is 6.90. The lowest BCUT2D eigenvalue weighted by Crippen LogP contribution is -2.28. The van der Waals surface area contributed by atoms with Gasteiger partial charge in [-0.25, -0.2) is 0 Å². The lowest BCUT2D eigenvalue weighted by molar-refractivity contribution is -0.129. The van der Waals surface area contributed by atoms with Gasteiger partial charge in [0.1, 0.15) is 0 Å². The molecule has 0 saturated carbocycles. The molecule has 1 aliphatic heterocycles. The fourth-order valence-corrected chi connectivity index (χ4v) is 4.16. The summed E-state index contributed by atoms with van der Waals surface area (Å²) in [6.45, 7) is 4.93. The van der Waals surface area contributed by atoms with Gasteiger partial charge in [0.15, 0.2) is 23.0 Å². The van der Waals surface area contributed by atoms with E-state index in [0.29, 0.717) is 54.3 Å². The summed E-state index contributed by atoms with van der Waals surface area (Å²) in [6, 6.07) is 11.0. The maximum absolute atomic E-state index is 12.9. The lowest BCUT2D eigenvalue weighted by atomic mass is 10.1. The highest BCUT2D eigenvalue weighted by Crippen LogP contribution is 2.37. The Bertz CT molecular complexity index is 1160. The molecule has 1 amide bonds. The van der Waals surface area contributed by atoms with Crippen molar-refractivity contribution in [3.63, 3.8) is 0 Å². The van der Waals surface area contributed by atoms with Crippen LogP contribution in [-0.2, 0) is 4.79 Å². The minimum absolute atomic E-state index is 0.0368. The third kappa shape index (κ3) is 4.50. The number of amides is 1. The van der Waals surface area contributed by atoms with Crippen molar-refractivity contribution in [1.82, 2.24) is 15.0 Å². The number of hydrogen-bond acceptors (Lipinski definition) is 8. The zero-order chi connectivity index (χ0) is 24.2. The van der Waals surface area contributed by atoms with Crippen molar-refractivity contribution < 1.29 is 28.3 Å². The van der Waals surface area contributed by atoms with Crippen molar-refractivity contribution in [1.29, 1.82) is 0 Å². The molecule has 0 N–H and O–H groups in total. The van der Waals surface area contributed by atoms with Gasteiger partial charge in [-0.15, -0.1) is 0 Å². The highest BCUT2D eigenvalue weighted by molar-refractivity contribution is 5.80. The molecule has 4 rings (SSSR count). The Morgan fingerprint density at radius 1 is 1.03 bits per heavy atom. The first-order valence-corrected chi connectivity index (χ1v) is 11.1. The molecule has 2 heterocycles. The predicted molar refractivity (Wildman–Crippen MR) is 124 cm³/mol. The second kappa shape index (κ2) is 10.0. The Hall–Kier alpha value is -3.75. The zero-order valence-corrected chi connectivity index (χ0v) is 20.0. The molecule has 1 saturated heterocycles. The number of rotatable bonds is 9. The van der Waals surface area contributed by atoms with Crippen LogP contribution in [0.5, 0.6) is 23.0 Å². The Morgan fingerprint density at radius 2 is 1.74 bits per heavy atom. The van der Waals surface area contributed by atoms with Crippen LogP contribution in [0, 0.1) is 0 Å². The van der Waals surface area contributed by atoms with Crippen LogP contribution in [0.4, 0.5) is 0 Å². The fourth-order valence-electron chi connectivity index (χ4n) is 4.16. The van der Waals surface area contributed by atoms with Gasteiger partial charge in [-0.3, -0.25) is 4.79 Å². The van der Waals surface area contributed by atoms with Crippen LogP contribution in [0.15, 0.2) is 40.9 Å². The van der Waals surface area contributed by atoms with Gasteiger partial charge >= 0.3 is 0 Å². The molecular formula is C25H29N3O6. The summed E-state index contributed by atoms with van der Waals surface area (Å²) < 4.78 is 27.3. The molecule has 1 fully saturated rings. The first kappa shape index (κ1) is 23.4. The summed E-state index contributed by atoms with van der Waals surface area (Å²) in [4.78, 5) is 19.3. The van der Waals surface area contributed by atoms with E-state index in [-0.39, 0.29) is 17.9 Å². The van der Waals surface area contributed by atoms with Crippen LogP contribution < -0.4 is 18.9 Å². The molecule has 2 atom stereocenters. The van der Waals surface area contributed by atoms with Crippen LogP contribution in [0.3, 0.4) is 0 Å². The Labute approximate surface area is 198 Å². The van der Waals surface area contributed by atoms with Gasteiger partial charge in [0, 0.05) is 18.5 Å². The number of hydrogen-bond donors (Lipinski definition) is 0. The Morgan fingerprint density at radius 3 is 2.44 bits per heavy atom. The molecule has 1 aromatic heterocycles. The van der Waals surface area contributed by atoms with Crippen molar-refractivity contribution in [2.75, 3.05) is 34.5 Å². The van der Waals surface area contributed by atoms with Gasteiger partial charge in [-0.05, 0) is 49.7 Å². The number of likely N-dealkylation sites (tertiary alicyclic amines) is 1. The average molecular weight is 468 g/mol. The van der Waals surface area contributed by atoms with Crippen LogP contribution in [0.2, 0.25) is 0 Å².